The number of hydrogen-bond donors (Lipinski definition) is 1. The Bertz CT molecular complexity index is 608. The first-order valence-corrected chi connectivity index (χ1v) is 7.63. The number of piperidine rings is 1. The number of nitrogens with one attached hydrogen (secondary N) is 1. The number of anilines is 1. The number of hydrogen-bond acceptors (Lipinski definition) is 4. The summed E-state index contributed by atoms with van der Waals surface area (Å²) in [6, 6.07) is 8.18. The lowest BCUT2D eigenvalue weighted by Crippen LogP contribution is -2.34. The minimum atomic E-state index is 0.749. The summed E-state index contributed by atoms with van der Waals surface area (Å²) >= 11 is 0. The molecule has 0 unspecified atom stereocenters. The molecule has 112 valence electrons. The van der Waals surface area contributed by atoms with Crippen molar-refractivity contribution in [2.24, 2.45) is 5.92 Å². The third-order valence-corrected chi connectivity index (χ3v) is 4.32. The summed E-state index contributed by atoms with van der Waals surface area (Å²) in [6.07, 6.45) is 4.37. The molecule has 0 radical (unpaired) electrons. The van der Waals surface area contributed by atoms with Crippen molar-refractivity contribution in [2.45, 2.75) is 12.8 Å². The minimum absolute atomic E-state index is 0.749. The van der Waals surface area contributed by atoms with Crippen molar-refractivity contribution >= 4 is 16.6 Å². The number of nitrogens with zero attached hydrogens (tertiary/aromatic N) is 2. The standard InChI is InChI=1S/C17H23N3O/c1-20(12-13-6-9-18-10-7-13)17-15-4-3-5-16(21-2)14(15)8-11-19-17/h3-5,8,11,13,18H,6-7,9-10,12H2,1-2H3. The van der Waals surface area contributed by atoms with Gasteiger partial charge in [-0.15, -0.1) is 0 Å². The van der Waals surface area contributed by atoms with Gasteiger partial charge in [0.05, 0.1) is 7.11 Å². The highest BCUT2D eigenvalue weighted by atomic mass is 16.5. The van der Waals surface area contributed by atoms with E-state index in [2.05, 4.69) is 28.3 Å². The Hall–Kier alpha value is -1.81. The Morgan fingerprint density at radius 2 is 2.05 bits per heavy atom. The fourth-order valence-corrected chi connectivity index (χ4v) is 3.18. The summed E-state index contributed by atoms with van der Waals surface area (Å²) in [4.78, 5) is 6.89. The molecule has 1 N–H and O–H groups in total. The molecule has 1 aliphatic heterocycles. The third kappa shape index (κ3) is 2.95. The second kappa shape index (κ2) is 6.31. The van der Waals surface area contributed by atoms with Crippen LogP contribution in [-0.2, 0) is 0 Å². The van der Waals surface area contributed by atoms with Gasteiger partial charge in [-0.1, -0.05) is 12.1 Å². The summed E-state index contributed by atoms with van der Waals surface area (Å²) in [6.45, 7) is 3.33. The van der Waals surface area contributed by atoms with E-state index >= 15 is 0 Å². The molecule has 0 atom stereocenters. The number of rotatable bonds is 4. The number of fused-ring (bicyclic) bond motifs is 1. The Kier molecular flexibility index (Phi) is 4.25. The summed E-state index contributed by atoms with van der Waals surface area (Å²) in [7, 11) is 3.86. The van der Waals surface area contributed by atoms with Gasteiger partial charge in [0, 0.05) is 30.6 Å². The monoisotopic (exact) mass is 285 g/mol. The van der Waals surface area contributed by atoms with Crippen molar-refractivity contribution in [3.63, 3.8) is 0 Å². The van der Waals surface area contributed by atoms with Gasteiger partial charge >= 0.3 is 0 Å². The van der Waals surface area contributed by atoms with E-state index in [0.29, 0.717) is 0 Å². The molecule has 3 rings (SSSR count). The van der Waals surface area contributed by atoms with Gasteiger partial charge in [-0.05, 0) is 44.0 Å². The quantitative estimate of drug-likeness (QED) is 0.937. The highest BCUT2D eigenvalue weighted by Gasteiger charge is 2.17. The van der Waals surface area contributed by atoms with Gasteiger partial charge in [0.2, 0.25) is 0 Å². The van der Waals surface area contributed by atoms with Crippen LogP contribution in [0.3, 0.4) is 0 Å². The molecule has 21 heavy (non-hydrogen) atoms. The Labute approximate surface area is 126 Å². The minimum Gasteiger partial charge on any atom is -0.496 e. The van der Waals surface area contributed by atoms with E-state index in [4.69, 9.17) is 4.74 Å². The number of aromatic nitrogens is 1. The van der Waals surface area contributed by atoms with Crippen LogP contribution in [-0.4, -0.2) is 38.8 Å². The SMILES string of the molecule is COc1cccc2c(N(C)CC3CCNCC3)nccc12. The van der Waals surface area contributed by atoms with Crippen LogP contribution in [0.2, 0.25) is 0 Å². The van der Waals surface area contributed by atoms with Gasteiger partial charge in [0.1, 0.15) is 11.6 Å². The smallest absolute Gasteiger partial charge is 0.136 e. The molecular formula is C17H23N3O. The second-order valence-corrected chi connectivity index (χ2v) is 5.76. The van der Waals surface area contributed by atoms with E-state index in [0.717, 1.165) is 47.9 Å². The van der Waals surface area contributed by atoms with E-state index < -0.39 is 0 Å². The molecule has 1 aromatic heterocycles. The van der Waals surface area contributed by atoms with Crippen LogP contribution in [0.5, 0.6) is 5.75 Å². The fraction of sp³-hybridized carbons (Fsp3) is 0.471. The van der Waals surface area contributed by atoms with Crippen LogP contribution in [0.1, 0.15) is 12.8 Å². The predicted molar refractivity (Wildman–Crippen MR) is 87.2 cm³/mol. The second-order valence-electron chi connectivity index (χ2n) is 5.76. The van der Waals surface area contributed by atoms with Crippen LogP contribution < -0.4 is 15.0 Å². The molecule has 0 saturated carbocycles. The van der Waals surface area contributed by atoms with Crippen molar-refractivity contribution < 1.29 is 4.74 Å². The van der Waals surface area contributed by atoms with Crippen molar-refractivity contribution in [3.05, 3.63) is 30.5 Å². The van der Waals surface area contributed by atoms with Crippen molar-refractivity contribution in [1.29, 1.82) is 0 Å². The topological polar surface area (TPSA) is 37.4 Å². The molecule has 1 aromatic carbocycles. The number of methoxy groups -OCH3 is 1. The molecule has 4 heteroatoms. The highest BCUT2D eigenvalue weighted by Crippen LogP contribution is 2.31. The lowest BCUT2D eigenvalue weighted by atomic mass is 9.97. The van der Waals surface area contributed by atoms with Gasteiger partial charge in [-0.25, -0.2) is 4.98 Å². The van der Waals surface area contributed by atoms with Crippen molar-refractivity contribution in [3.8, 4) is 5.75 Å². The normalized spacial score (nSPS) is 16.1. The largest absolute Gasteiger partial charge is 0.496 e. The Morgan fingerprint density at radius 1 is 1.24 bits per heavy atom. The van der Waals surface area contributed by atoms with E-state index in [1.807, 2.05) is 24.4 Å². The number of benzene rings is 1. The van der Waals surface area contributed by atoms with Crippen LogP contribution in [0.4, 0.5) is 5.82 Å². The molecule has 4 nitrogen and oxygen atoms in total. The summed E-state index contributed by atoms with van der Waals surface area (Å²) in [5.41, 5.74) is 0. The number of pyridine rings is 1. The zero-order valence-corrected chi connectivity index (χ0v) is 12.8. The fourth-order valence-electron chi connectivity index (χ4n) is 3.18. The summed E-state index contributed by atoms with van der Waals surface area (Å²) in [5.74, 6) is 2.70. The zero-order valence-electron chi connectivity index (χ0n) is 12.8. The summed E-state index contributed by atoms with van der Waals surface area (Å²) < 4.78 is 5.46. The van der Waals surface area contributed by atoms with E-state index in [1.54, 1.807) is 7.11 Å². The van der Waals surface area contributed by atoms with E-state index in [1.165, 1.54) is 12.8 Å². The molecule has 0 bridgehead atoms. The summed E-state index contributed by atoms with van der Waals surface area (Å²) in [5, 5.41) is 5.71. The maximum atomic E-state index is 5.46. The Balaban J connectivity index is 1.88. The highest BCUT2D eigenvalue weighted by molar-refractivity contribution is 5.96. The van der Waals surface area contributed by atoms with Gasteiger partial charge < -0.3 is 15.0 Å². The average molecular weight is 285 g/mol. The first-order chi connectivity index (χ1) is 10.3. The molecule has 0 amide bonds. The molecule has 1 fully saturated rings. The van der Waals surface area contributed by atoms with Crippen LogP contribution >= 0.6 is 0 Å². The Morgan fingerprint density at radius 3 is 2.81 bits per heavy atom. The lowest BCUT2D eigenvalue weighted by Gasteiger charge is -2.28. The molecule has 1 saturated heterocycles. The average Bonchev–Trinajstić information content (AvgIpc) is 2.54. The van der Waals surface area contributed by atoms with Gasteiger partial charge in [0.25, 0.3) is 0 Å². The van der Waals surface area contributed by atoms with Gasteiger partial charge in [0.15, 0.2) is 0 Å². The van der Waals surface area contributed by atoms with E-state index in [-0.39, 0.29) is 0 Å². The lowest BCUT2D eigenvalue weighted by molar-refractivity contribution is 0.377. The molecule has 0 spiro atoms. The molecule has 1 aliphatic rings. The molecular weight excluding hydrogens is 262 g/mol. The molecule has 2 aromatic rings. The van der Waals surface area contributed by atoms with E-state index in [9.17, 15) is 0 Å². The maximum absolute atomic E-state index is 5.46. The first-order valence-electron chi connectivity index (χ1n) is 7.63. The van der Waals surface area contributed by atoms with Crippen LogP contribution in [0.25, 0.3) is 10.8 Å². The van der Waals surface area contributed by atoms with Crippen LogP contribution in [0.15, 0.2) is 30.5 Å². The van der Waals surface area contributed by atoms with Crippen molar-refractivity contribution in [2.75, 3.05) is 38.7 Å². The first kappa shape index (κ1) is 14.1. The third-order valence-electron chi connectivity index (χ3n) is 4.32. The van der Waals surface area contributed by atoms with Gasteiger partial charge in [-0.2, -0.15) is 0 Å². The predicted octanol–water partition coefficient (Wildman–Crippen LogP) is 2.68. The van der Waals surface area contributed by atoms with Crippen LogP contribution in [0, 0.1) is 5.92 Å². The van der Waals surface area contributed by atoms with Crippen molar-refractivity contribution in [1.82, 2.24) is 10.3 Å². The zero-order chi connectivity index (χ0) is 14.7. The van der Waals surface area contributed by atoms with Gasteiger partial charge in [-0.3, -0.25) is 0 Å². The molecule has 2 heterocycles. The number of ether oxygens (including phenoxy) is 1. The molecule has 0 aliphatic carbocycles. The maximum Gasteiger partial charge on any atom is 0.136 e.